The number of carbonyl (C=O) groups is 1. The first-order valence-corrected chi connectivity index (χ1v) is 8.39. The Morgan fingerprint density at radius 2 is 1.81 bits per heavy atom. The molecular weight excluding hydrogens is 393 g/mol. The van der Waals surface area contributed by atoms with E-state index in [-0.39, 0.29) is 5.91 Å². The van der Waals surface area contributed by atoms with Crippen LogP contribution in [-0.4, -0.2) is 5.91 Å². The Kier molecular flexibility index (Phi) is 4.36. The van der Waals surface area contributed by atoms with E-state index in [0.717, 1.165) is 14.8 Å². The van der Waals surface area contributed by atoms with E-state index in [2.05, 4.69) is 34.0 Å². The van der Waals surface area contributed by atoms with Crippen molar-refractivity contribution < 1.29 is 4.79 Å². The van der Waals surface area contributed by atoms with Crippen LogP contribution in [0.2, 0.25) is 0 Å². The fourth-order valence-electron chi connectivity index (χ4n) is 1.99. The molecule has 2 nitrogen and oxygen atoms in total. The van der Waals surface area contributed by atoms with Gasteiger partial charge in [-0.1, -0.05) is 18.2 Å². The van der Waals surface area contributed by atoms with Gasteiger partial charge in [-0.2, -0.15) is 0 Å². The number of carbonyl (C=O) groups excluding carboxylic acids is 1. The van der Waals surface area contributed by atoms with Crippen molar-refractivity contribution in [1.82, 2.24) is 0 Å². The van der Waals surface area contributed by atoms with Crippen LogP contribution in [0.3, 0.4) is 0 Å². The van der Waals surface area contributed by atoms with Gasteiger partial charge in [0.05, 0.1) is 0 Å². The zero-order valence-corrected chi connectivity index (χ0v) is 14.0. The molecule has 3 rings (SSSR count). The zero-order valence-electron chi connectivity index (χ0n) is 11.0. The number of hydrogen-bond donors (Lipinski definition) is 1. The number of amides is 1. The van der Waals surface area contributed by atoms with E-state index in [0.29, 0.717) is 5.56 Å². The van der Waals surface area contributed by atoms with Crippen molar-refractivity contribution in [3.8, 4) is 10.4 Å². The second kappa shape index (κ2) is 6.41. The second-order valence-corrected chi connectivity index (χ2v) is 6.71. The predicted octanol–water partition coefficient (Wildman–Crippen LogP) is 5.27. The van der Waals surface area contributed by atoms with E-state index in [1.54, 1.807) is 11.3 Å². The Morgan fingerprint density at radius 3 is 2.52 bits per heavy atom. The van der Waals surface area contributed by atoms with Crippen LogP contribution in [0.4, 0.5) is 5.69 Å². The summed E-state index contributed by atoms with van der Waals surface area (Å²) >= 11 is 3.91. The zero-order chi connectivity index (χ0) is 14.7. The van der Waals surface area contributed by atoms with Crippen LogP contribution in [-0.2, 0) is 0 Å². The minimum atomic E-state index is -0.0883. The lowest BCUT2D eigenvalue weighted by Crippen LogP contribution is -2.11. The molecule has 4 heteroatoms. The summed E-state index contributed by atoms with van der Waals surface area (Å²) in [5, 5.41) is 4.95. The van der Waals surface area contributed by atoms with E-state index < -0.39 is 0 Å². The molecule has 0 bridgehead atoms. The lowest BCUT2D eigenvalue weighted by molar-refractivity contribution is 0.102. The van der Waals surface area contributed by atoms with Crippen LogP contribution >= 0.6 is 33.9 Å². The minimum absolute atomic E-state index is 0.0883. The smallest absolute Gasteiger partial charge is 0.255 e. The molecule has 1 amide bonds. The highest BCUT2D eigenvalue weighted by atomic mass is 127. The van der Waals surface area contributed by atoms with Gasteiger partial charge in [0.1, 0.15) is 0 Å². The molecule has 0 fully saturated rings. The average Bonchev–Trinajstić information content (AvgIpc) is 3.04. The predicted molar refractivity (Wildman–Crippen MR) is 96.9 cm³/mol. The topological polar surface area (TPSA) is 29.1 Å². The van der Waals surface area contributed by atoms with Crippen LogP contribution in [0.15, 0.2) is 66.0 Å². The molecule has 0 saturated heterocycles. The van der Waals surface area contributed by atoms with Gasteiger partial charge in [0, 0.05) is 19.7 Å². The fraction of sp³-hybridized carbons (Fsp3) is 0. The lowest BCUT2D eigenvalue weighted by atomic mass is 10.1. The minimum Gasteiger partial charge on any atom is -0.322 e. The van der Waals surface area contributed by atoms with Gasteiger partial charge in [-0.3, -0.25) is 4.79 Å². The van der Waals surface area contributed by atoms with Crippen LogP contribution in [0.1, 0.15) is 10.4 Å². The van der Waals surface area contributed by atoms with Crippen molar-refractivity contribution in [3.63, 3.8) is 0 Å². The Hall–Kier alpha value is -1.66. The van der Waals surface area contributed by atoms with Crippen molar-refractivity contribution in [3.05, 3.63) is 75.2 Å². The van der Waals surface area contributed by atoms with Crippen molar-refractivity contribution in [1.29, 1.82) is 0 Å². The molecule has 0 radical (unpaired) electrons. The molecule has 0 aliphatic heterocycles. The van der Waals surface area contributed by atoms with E-state index in [9.17, 15) is 4.79 Å². The van der Waals surface area contributed by atoms with Crippen molar-refractivity contribution in [2.45, 2.75) is 0 Å². The molecular formula is C17H12INOS. The molecule has 1 N–H and O–H groups in total. The maximum absolute atomic E-state index is 12.3. The van der Waals surface area contributed by atoms with Gasteiger partial charge in [-0.15, -0.1) is 11.3 Å². The van der Waals surface area contributed by atoms with Crippen LogP contribution in [0.25, 0.3) is 10.4 Å². The summed E-state index contributed by atoms with van der Waals surface area (Å²) in [7, 11) is 0. The monoisotopic (exact) mass is 405 g/mol. The molecule has 2 aromatic carbocycles. The summed E-state index contributed by atoms with van der Waals surface area (Å²) in [5.74, 6) is -0.0883. The number of rotatable bonds is 3. The van der Waals surface area contributed by atoms with Crippen molar-refractivity contribution in [2.75, 3.05) is 5.32 Å². The molecule has 3 aromatic rings. The maximum Gasteiger partial charge on any atom is 0.255 e. The highest BCUT2D eigenvalue weighted by Gasteiger charge is 2.08. The molecule has 0 saturated carbocycles. The van der Waals surface area contributed by atoms with Crippen LogP contribution in [0.5, 0.6) is 0 Å². The number of hydrogen-bond acceptors (Lipinski definition) is 2. The lowest BCUT2D eigenvalue weighted by Gasteiger charge is -2.06. The number of anilines is 1. The van der Waals surface area contributed by atoms with E-state index in [4.69, 9.17) is 0 Å². The van der Waals surface area contributed by atoms with Gasteiger partial charge >= 0.3 is 0 Å². The van der Waals surface area contributed by atoms with E-state index >= 15 is 0 Å². The number of thiophene rings is 1. The van der Waals surface area contributed by atoms with E-state index in [1.807, 2.05) is 60.0 Å². The van der Waals surface area contributed by atoms with Gasteiger partial charge in [-0.25, -0.2) is 0 Å². The number of halogens is 1. The molecule has 0 aliphatic rings. The SMILES string of the molecule is O=C(Nc1ccc(I)cc1)c1cccc(-c2cccs2)c1. The Morgan fingerprint density at radius 1 is 1.00 bits per heavy atom. The Labute approximate surface area is 141 Å². The fourth-order valence-corrected chi connectivity index (χ4v) is 3.08. The number of nitrogens with one attached hydrogen (secondary N) is 1. The highest BCUT2D eigenvalue weighted by molar-refractivity contribution is 14.1. The van der Waals surface area contributed by atoms with Gasteiger partial charge in [0.2, 0.25) is 0 Å². The van der Waals surface area contributed by atoms with Crippen LogP contribution in [0, 0.1) is 3.57 Å². The highest BCUT2D eigenvalue weighted by Crippen LogP contribution is 2.25. The molecule has 0 aliphatic carbocycles. The summed E-state index contributed by atoms with van der Waals surface area (Å²) in [5.41, 5.74) is 2.54. The molecule has 1 heterocycles. The molecule has 21 heavy (non-hydrogen) atoms. The van der Waals surface area contributed by atoms with E-state index in [1.165, 1.54) is 4.88 Å². The summed E-state index contributed by atoms with van der Waals surface area (Å²) < 4.78 is 1.14. The van der Waals surface area contributed by atoms with Crippen molar-refractivity contribution >= 4 is 45.5 Å². The first-order chi connectivity index (χ1) is 10.2. The summed E-state index contributed by atoms with van der Waals surface area (Å²) in [6.45, 7) is 0. The largest absolute Gasteiger partial charge is 0.322 e. The summed E-state index contributed by atoms with van der Waals surface area (Å²) in [6.07, 6.45) is 0. The molecule has 0 unspecified atom stereocenters. The quantitative estimate of drug-likeness (QED) is 0.591. The van der Waals surface area contributed by atoms with Crippen LogP contribution < -0.4 is 5.32 Å². The van der Waals surface area contributed by atoms with Gasteiger partial charge in [0.15, 0.2) is 0 Å². The molecule has 104 valence electrons. The normalized spacial score (nSPS) is 10.3. The molecule has 0 spiro atoms. The van der Waals surface area contributed by atoms with Gasteiger partial charge in [-0.05, 0) is 76.0 Å². The first-order valence-electron chi connectivity index (χ1n) is 6.43. The number of benzene rings is 2. The summed E-state index contributed by atoms with van der Waals surface area (Å²) in [6, 6.07) is 19.5. The Bertz CT molecular complexity index is 751. The average molecular weight is 405 g/mol. The third-order valence-corrected chi connectivity index (χ3v) is 4.67. The third-order valence-electron chi connectivity index (χ3n) is 3.03. The first kappa shape index (κ1) is 14.3. The third kappa shape index (κ3) is 3.51. The standard InChI is InChI=1S/C17H12INOS/c18-14-6-8-15(9-7-14)19-17(20)13-4-1-3-12(11-13)16-5-2-10-21-16/h1-11H,(H,19,20). The second-order valence-electron chi connectivity index (χ2n) is 4.52. The van der Waals surface area contributed by atoms with Gasteiger partial charge < -0.3 is 5.32 Å². The van der Waals surface area contributed by atoms with Gasteiger partial charge in [0.25, 0.3) is 5.91 Å². The maximum atomic E-state index is 12.3. The Balaban J connectivity index is 1.81. The molecule has 0 atom stereocenters. The molecule has 1 aromatic heterocycles. The van der Waals surface area contributed by atoms with Crippen molar-refractivity contribution in [2.24, 2.45) is 0 Å². The summed E-state index contributed by atoms with van der Waals surface area (Å²) in [4.78, 5) is 13.5.